The van der Waals surface area contributed by atoms with Crippen LogP contribution in [0.15, 0.2) is 24.3 Å². The minimum atomic E-state index is -4.35. The fourth-order valence-electron chi connectivity index (χ4n) is 3.50. The molecule has 0 spiro atoms. The third kappa shape index (κ3) is 3.16. The van der Waals surface area contributed by atoms with E-state index in [1.165, 1.54) is 25.0 Å². The molecule has 2 atom stereocenters. The number of alkyl halides is 3. The van der Waals surface area contributed by atoms with Gasteiger partial charge in [-0.15, -0.1) is 0 Å². The van der Waals surface area contributed by atoms with Crippen LogP contribution in [-0.4, -0.2) is 16.6 Å². The summed E-state index contributed by atoms with van der Waals surface area (Å²) >= 11 is 0. The Hall–Kier alpha value is -2.15. The van der Waals surface area contributed by atoms with Gasteiger partial charge in [-0.05, 0) is 36.5 Å². The summed E-state index contributed by atoms with van der Waals surface area (Å²) in [6.07, 6.45) is -2.00. The van der Waals surface area contributed by atoms with E-state index in [1.54, 1.807) is 0 Å². The van der Waals surface area contributed by atoms with Crippen LogP contribution >= 0.6 is 0 Å². The molecule has 4 rings (SSSR count). The standard InChI is InChI=1S/C19H20F3N3O/c1-10(11-2-3-11)18-24-16-14(8-26-9-15(16)17(23)25-18)12-4-6-13(7-5-12)19(20,21)22/h4-7,10-11,14H,2-3,8-9H2,1H3,(H2,23,24,25)/t10-,14?/m1/s1. The highest BCUT2D eigenvalue weighted by molar-refractivity contribution is 5.47. The Labute approximate surface area is 149 Å². The summed E-state index contributed by atoms with van der Waals surface area (Å²) in [5.41, 5.74) is 7.74. The zero-order chi connectivity index (χ0) is 18.5. The van der Waals surface area contributed by atoms with Crippen molar-refractivity contribution in [3.05, 3.63) is 52.5 Å². The van der Waals surface area contributed by atoms with Gasteiger partial charge in [0, 0.05) is 11.5 Å². The average molecular weight is 363 g/mol. The van der Waals surface area contributed by atoms with Crippen LogP contribution in [-0.2, 0) is 17.5 Å². The van der Waals surface area contributed by atoms with Gasteiger partial charge < -0.3 is 10.5 Å². The van der Waals surface area contributed by atoms with Gasteiger partial charge in [0.05, 0.1) is 30.4 Å². The molecule has 2 heterocycles. The van der Waals surface area contributed by atoms with Crippen LogP contribution in [0.3, 0.4) is 0 Å². The molecule has 1 aliphatic heterocycles. The number of nitrogens with two attached hydrogens (primary N) is 1. The summed E-state index contributed by atoms with van der Waals surface area (Å²) < 4.78 is 44.1. The third-order valence-corrected chi connectivity index (χ3v) is 5.33. The molecule has 2 aromatic rings. The third-order valence-electron chi connectivity index (χ3n) is 5.33. The van der Waals surface area contributed by atoms with Crippen molar-refractivity contribution in [1.82, 2.24) is 9.97 Å². The lowest BCUT2D eigenvalue weighted by Crippen LogP contribution is -2.23. The number of hydrogen-bond donors (Lipinski definition) is 1. The van der Waals surface area contributed by atoms with Crippen LogP contribution in [0.1, 0.15) is 59.8 Å². The number of hydrogen-bond acceptors (Lipinski definition) is 4. The maximum Gasteiger partial charge on any atom is 0.416 e. The van der Waals surface area contributed by atoms with Crippen LogP contribution in [0, 0.1) is 5.92 Å². The Kier molecular flexibility index (Phi) is 4.14. The summed E-state index contributed by atoms with van der Waals surface area (Å²) in [6.45, 7) is 2.80. The van der Waals surface area contributed by atoms with E-state index < -0.39 is 11.7 Å². The molecule has 0 radical (unpaired) electrons. The van der Waals surface area contributed by atoms with Gasteiger partial charge >= 0.3 is 6.18 Å². The Morgan fingerprint density at radius 2 is 1.85 bits per heavy atom. The molecule has 1 aliphatic carbocycles. The van der Waals surface area contributed by atoms with Crippen molar-refractivity contribution in [3.63, 3.8) is 0 Å². The van der Waals surface area contributed by atoms with Crippen LogP contribution in [0.5, 0.6) is 0 Å². The van der Waals surface area contributed by atoms with E-state index in [2.05, 4.69) is 11.9 Å². The van der Waals surface area contributed by atoms with E-state index in [1.807, 2.05) is 0 Å². The molecule has 1 aromatic carbocycles. The molecule has 7 heteroatoms. The molecule has 1 saturated carbocycles. The van der Waals surface area contributed by atoms with Crippen molar-refractivity contribution in [3.8, 4) is 0 Å². The fourth-order valence-corrected chi connectivity index (χ4v) is 3.50. The van der Waals surface area contributed by atoms with Gasteiger partial charge in [0.2, 0.25) is 0 Å². The first-order chi connectivity index (χ1) is 12.3. The summed E-state index contributed by atoms with van der Waals surface area (Å²) in [5.74, 6) is 1.73. The fraction of sp³-hybridized carbons (Fsp3) is 0.474. The van der Waals surface area contributed by atoms with Crippen LogP contribution in [0.2, 0.25) is 0 Å². The van der Waals surface area contributed by atoms with E-state index >= 15 is 0 Å². The van der Waals surface area contributed by atoms with E-state index in [0.29, 0.717) is 24.9 Å². The molecule has 26 heavy (non-hydrogen) atoms. The van der Waals surface area contributed by atoms with Gasteiger partial charge in [0.1, 0.15) is 11.6 Å². The summed E-state index contributed by atoms with van der Waals surface area (Å²) in [7, 11) is 0. The molecule has 1 unspecified atom stereocenters. The molecule has 2 aliphatic rings. The minimum absolute atomic E-state index is 0.235. The van der Waals surface area contributed by atoms with Crippen molar-refractivity contribution in [2.75, 3.05) is 12.3 Å². The predicted octanol–water partition coefficient (Wildman–Crippen LogP) is 4.25. The SMILES string of the molecule is C[C@@H](c1nc(N)c2c(n1)C(c1ccc(C(F)(F)F)cc1)COC2)C1CC1. The Balaban J connectivity index is 1.72. The first-order valence-electron chi connectivity index (χ1n) is 8.75. The lowest BCUT2D eigenvalue weighted by Gasteiger charge is -2.27. The lowest BCUT2D eigenvalue weighted by atomic mass is 9.90. The van der Waals surface area contributed by atoms with Crippen molar-refractivity contribution in [1.29, 1.82) is 0 Å². The molecule has 0 bridgehead atoms. The van der Waals surface area contributed by atoms with Gasteiger partial charge in [0.25, 0.3) is 0 Å². The number of nitrogen functional groups attached to an aromatic ring is 1. The number of fused-ring (bicyclic) bond motifs is 1. The molecule has 1 fully saturated rings. The molecule has 0 saturated heterocycles. The summed E-state index contributed by atoms with van der Waals surface area (Å²) in [4.78, 5) is 9.23. The van der Waals surface area contributed by atoms with Gasteiger partial charge in [-0.25, -0.2) is 9.97 Å². The largest absolute Gasteiger partial charge is 0.416 e. The topological polar surface area (TPSA) is 61.0 Å². The normalized spacial score (nSPS) is 21.3. The summed E-state index contributed by atoms with van der Waals surface area (Å²) in [5, 5.41) is 0. The van der Waals surface area contributed by atoms with Gasteiger partial charge in [-0.3, -0.25) is 0 Å². The second-order valence-electron chi connectivity index (χ2n) is 7.14. The number of nitrogens with zero attached hydrogens (tertiary/aromatic N) is 2. The number of rotatable bonds is 3. The van der Waals surface area contributed by atoms with E-state index in [9.17, 15) is 13.2 Å². The zero-order valence-electron chi connectivity index (χ0n) is 14.4. The number of benzene rings is 1. The highest BCUT2D eigenvalue weighted by atomic mass is 19.4. The Morgan fingerprint density at radius 1 is 1.15 bits per heavy atom. The molecule has 1 aromatic heterocycles. The van der Waals surface area contributed by atoms with Crippen molar-refractivity contribution in [2.24, 2.45) is 5.92 Å². The van der Waals surface area contributed by atoms with Crippen LogP contribution < -0.4 is 5.73 Å². The predicted molar refractivity (Wildman–Crippen MR) is 90.5 cm³/mol. The van der Waals surface area contributed by atoms with Crippen molar-refractivity contribution < 1.29 is 17.9 Å². The van der Waals surface area contributed by atoms with E-state index in [4.69, 9.17) is 15.5 Å². The first-order valence-corrected chi connectivity index (χ1v) is 8.75. The zero-order valence-corrected chi connectivity index (χ0v) is 14.4. The maximum atomic E-state index is 12.8. The second-order valence-corrected chi connectivity index (χ2v) is 7.14. The van der Waals surface area contributed by atoms with E-state index in [-0.39, 0.29) is 11.8 Å². The average Bonchev–Trinajstić information content (AvgIpc) is 3.45. The highest BCUT2D eigenvalue weighted by Crippen LogP contribution is 2.42. The smallest absolute Gasteiger partial charge is 0.383 e. The van der Waals surface area contributed by atoms with Crippen molar-refractivity contribution in [2.45, 2.75) is 44.4 Å². The van der Waals surface area contributed by atoms with Crippen LogP contribution in [0.4, 0.5) is 19.0 Å². The summed E-state index contributed by atoms with van der Waals surface area (Å²) in [6, 6.07) is 5.19. The maximum absolute atomic E-state index is 12.8. The molecule has 138 valence electrons. The Morgan fingerprint density at radius 3 is 2.46 bits per heavy atom. The molecule has 2 N–H and O–H groups in total. The number of anilines is 1. The molecule has 4 nitrogen and oxygen atoms in total. The van der Waals surface area contributed by atoms with E-state index in [0.717, 1.165) is 34.8 Å². The quantitative estimate of drug-likeness (QED) is 0.885. The molecular weight excluding hydrogens is 343 g/mol. The molecule has 0 amide bonds. The number of ether oxygens (including phenoxy) is 1. The first kappa shape index (κ1) is 17.3. The Bertz CT molecular complexity index is 816. The number of aromatic nitrogens is 2. The molecular formula is C19H20F3N3O. The number of halogens is 3. The highest BCUT2D eigenvalue weighted by Gasteiger charge is 2.34. The van der Waals surface area contributed by atoms with Gasteiger partial charge in [0.15, 0.2) is 0 Å². The van der Waals surface area contributed by atoms with Gasteiger partial charge in [-0.1, -0.05) is 19.1 Å². The second kappa shape index (κ2) is 6.23. The monoisotopic (exact) mass is 363 g/mol. The van der Waals surface area contributed by atoms with Gasteiger partial charge in [-0.2, -0.15) is 13.2 Å². The van der Waals surface area contributed by atoms with Crippen LogP contribution in [0.25, 0.3) is 0 Å². The van der Waals surface area contributed by atoms with Crippen molar-refractivity contribution >= 4 is 5.82 Å². The minimum Gasteiger partial charge on any atom is -0.383 e. The lowest BCUT2D eigenvalue weighted by molar-refractivity contribution is -0.137.